The molecule has 3 heterocycles. The van der Waals surface area contributed by atoms with Crippen molar-refractivity contribution in [3.05, 3.63) is 35.8 Å². The topological polar surface area (TPSA) is 59.8 Å². The Morgan fingerprint density at radius 3 is 3.04 bits per heavy atom. The van der Waals surface area contributed by atoms with Crippen LogP contribution < -0.4 is 5.32 Å². The van der Waals surface area contributed by atoms with Gasteiger partial charge in [-0.3, -0.25) is 9.78 Å². The first-order valence-corrected chi connectivity index (χ1v) is 8.52. The van der Waals surface area contributed by atoms with Gasteiger partial charge in [0.2, 0.25) is 5.91 Å². The highest BCUT2D eigenvalue weighted by atomic mass is 16.2. The van der Waals surface area contributed by atoms with Crippen molar-refractivity contribution in [3.8, 4) is 5.69 Å². The van der Waals surface area contributed by atoms with Gasteiger partial charge >= 0.3 is 0 Å². The zero-order chi connectivity index (χ0) is 16.2. The van der Waals surface area contributed by atoms with E-state index in [1.807, 2.05) is 29.9 Å². The van der Waals surface area contributed by atoms with E-state index in [4.69, 9.17) is 0 Å². The lowest BCUT2D eigenvalue weighted by atomic mass is 10.0. The van der Waals surface area contributed by atoms with Gasteiger partial charge in [0, 0.05) is 23.9 Å². The molecule has 2 bridgehead atoms. The van der Waals surface area contributed by atoms with Crippen molar-refractivity contribution in [2.75, 3.05) is 5.32 Å². The van der Waals surface area contributed by atoms with Crippen LogP contribution >= 0.6 is 0 Å². The third-order valence-electron chi connectivity index (χ3n) is 4.33. The third kappa shape index (κ3) is 3.60. The van der Waals surface area contributed by atoms with Gasteiger partial charge in [0.1, 0.15) is 5.82 Å². The number of aromatic nitrogens is 3. The van der Waals surface area contributed by atoms with Crippen LogP contribution in [0.2, 0.25) is 0 Å². The number of carbonyl (C=O) groups excluding carboxylic acids is 1. The van der Waals surface area contributed by atoms with Crippen LogP contribution in [0.25, 0.3) is 5.69 Å². The first-order valence-electron chi connectivity index (χ1n) is 8.52. The van der Waals surface area contributed by atoms with Crippen molar-refractivity contribution in [3.63, 3.8) is 0 Å². The molecule has 0 saturated heterocycles. The van der Waals surface area contributed by atoms with Gasteiger partial charge < -0.3 is 5.32 Å². The van der Waals surface area contributed by atoms with Crippen LogP contribution in [-0.2, 0) is 17.6 Å². The number of hydrogen-bond acceptors (Lipinski definition) is 3. The summed E-state index contributed by atoms with van der Waals surface area (Å²) in [5.74, 6) is 0.839. The minimum atomic E-state index is 0.0127. The van der Waals surface area contributed by atoms with E-state index in [9.17, 15) is 4.79 Å². The summed E-state index contributed by atoms with van der Waals surface area (Å²) in [6.45, 7) is 4.12. The minimum absolute atomic E-state index is 0.0127. The summed E-state index contributed by atoms with van der Waals surface area (Å²) in [6.07, 6.45) is 7.71. The molecule has 3 rings (SSSR count). The maximum Gasteiger partial charge on any atom is 0.228 e. The molecule has 122 valence electrons. The maximum absolute atomic E-state index is 12.4. The van der Waals surface area contributed by atoms with Crippen LogP contribution in [0.5, 0.6) is 0 Å². The number of rotatable bonds is 2. The zero-order valence-corrected chi connectivity index (χ0v) is 13.9. The number of nitrogens with zero attached hydrogens (tertiary/aromatic N) is 3. The summed E-state index contributed by atoms with van der Waals surface area (Å²) in [5.41, 5.74) is 3.05. The molecule has 1 atom stereocenters. The Bertz CT molecular complexity index is 692. The fourth-order valence-electron chi connectivity index (χ4n) is 2.97. The van der Waals surface area contributed by atoms with E-state index in [0.717, 1.165) is 61.4 Å². The SMILES string of the molecule is CCCc1cc2n(n1)-c1ccnc(c1)CCCCC(C)C(=O)N2. The second kappa shape index (κ2) is 6.94. The van der Waals surface area contributed by atoms with Gasteiger partial charge in [-0.15, -0.1) is 0 Å². The lowest BCUT2D eigenvalue weighted by Crippen LogP contribution is -2.22. The number of hydrogen-bond donors (Lipinski definition) is 1. The Morgan fingerprint density at radius 2 is 2.22 bits per heavy atom. The molecule has 2 aromatic heterocycles. The predicted molar refractivity (Wildman–Crippen MR) is 90.7 cm³/mol. The summed E-state index contributed by atoms with van der Waals surface area (Å²) >= 11 is 0. The molecule has 5 heteroatoms. The van der Waals surface area contributed by atoms with Gasteiger partial charge in [0.25, 0.3) is 0 Å². The Balaban J connectivity index is 2.04. The second-order valence-electron chi connectivity index (χ2n) is 6.32. The first kappa shape index (κ1) is 15.7. The number of aryl methyl sites for hydroxylation is 2. The number of pyridine rings is 1. The van der Waals surface area contributed by atoms with E-state index >= 15 is 0 Å². The highest BCUT2D eigenvalue weighted by molar-refractivity contribution is 5.91. The molecule has 23 heavy (non-hydrogen) atoms. The van der Waals surface area contributed by atoms with Crippen molar-refractivity contribution in [1.82, 2.24) is 14.8 Å². The van der Waals surface area contributed by atoms with E-state index in [0.29, 0.717) is 0 Å². The van der Waals surface area contributed by atoms with Crippen molar-refractivity contribution in [2.24, 2.45) is 5.92 Å². The average molecular weight is 312 g/mol. The monoisotopic (exact) mass is 312 g/mol. The van der Waals surface area contributed by atoms with Crippen LogP contribution in [0.1, 0.15) is 50.9 Å². The molecular weight excluding hydrogens is 288 g/mol. The second-order valence-corrected chi connectivity index (χ2v) is 6.32. The average Bonchev–Trinajstić information content (AvgIpc) is 2.93. The fourth-order valence-corrected chi connectivity index (χ4v) is 2.97. The Kier molecular flexibility index (Phi) is 4.74. The van der Waals surface area contributed by atoms with Crippen molar-refractivity contribution in [2.45, 2.75) is 52.4 Å². The molecule has 1 unspecified atom stereocenters. The van der Waals surface area contributed by atoms with Crippen LogP contribution in [0.4, 0.5) is 5.82 Å². The molecule has 1 N–H and O–H groups in total. The number of anilines is 1. The van der Waals surface area contributed by atoms with Gasteiger partial charge in [-0.05, 0) is 37.8 Å². The van der Waals surface area contributed by atoms with Crippen molar-refractivity contribution in [1.29, 1.82) is 0 Å². The smallest absolute Gasteiger partial charge is 0.228 e. The number of nitrogens with one attached hydrogen (secondary N) is 1. The Morgan fingerprint density at radius 1 is 1.35 bits per heavy atom. The van der Waals surface area contributed by atoms with Gasteiger partial charge in [-0.1, -0.05) is 26.7 Å². The minimum Gasteiger partial charge on any atom is -0.310 e. The number of carbonyl (C=O) groups is 1. The van der Waals surface area contributed by atoms with Gasteiger partial charge in [0.05, 0.1) is 11.4 Å². The van der Waals surface area contributed by atoms with Gasteiger partial charge in [0.15, 0.2) is 0 Å². The number of fused-ring (bicyclic) bond motifs is 4. The lowest BCUT2D eigenvalue weighted by molar-refractivity contribution is -0.119. The summed E-state index contributed by atoms with van der Waals surface area (Å²) in [4.78, 5) is 16.9. The molecular formula is C18H24N4O. The van der Waals surface area contributed by atoms with Crippen molar-refractivity contribution >= 4 is 11.7 Å². The summed E-state index contributed by atoms with van der Waals surface area (Å²) in [5, 5.41) is 7.73. The third-order valence-corrected chi connectivity index (χ3v) is 4.33. The molecule has 1 aliphatic heterocycles. The van der Waals surface area contributed by atoms with Crippen molar-refractivity contribution < 1.29 is 4.79 Å². The first-order chi connectivity index (χ1) is 11.2. The van der Waals surface area contributed by atoms with Crippen LogP contribution in [-0.4, -0.2) is 20.7 Å². The molecule has 0 spiro atoms. The molecule has 0 fully saturated rings. The Labute approximate surface area is 137 Å². The van der Waals surface area contributed by atoms with E-state index in [-0.39, 0.29) is 11.8 Å². The normalized spacial score (nSPS) is 18.5. The van der Waals surface area contributed by atoms with E-state index in [2.05, 4.69) is 28.4 Å². The predicted octanol–water partition coefficient (Wildman–Crippen LogP) is 3.52. The highest BCUT2D eigenvalue weighted by Gasteiger charge is 2.18. The summed E-state index contributed by atoms with van der Waals surface area (Å²) < 4.78 is 1.84. The van der Waals surface area contributed by atoms with Crippen LogP contribution in [0.3, 0.4) is 0 Å². The lowest BCUT2D eigenvalue weighted by Gasteiger charge is -2.15. The molecule has 0 saturated carbocycles. The van der Waals surface area contributed by atoms with Gasteiger partial charge in [-0.2, -0.15) is 5.10 Å². The standard InChI is InChI=1S/C18H24N4O/c1-3-6-15-12-17-20-18(23)13(2)7-4-5-8-14-11-16(9-10-19-14)22(17)21-15/h9-13H,3-8H2,1-2H3,(H,20,23). The van der Waals surface area contributed by atoms with E-state index in [1.165, 1.54) is 0 Å². The molecule has 1 aliphatic rings. The molecule has 5 nitrogen and oxygen atoms in total. The quantitative estimate of drug-likeness (QED) is 0.923. The van der Waals surface area contributed by atoms with E-state index in [1.54, 1.807) is 0 Å². The largest absolute Gasteiger partial charge is 0.310 e. The summed E-state index contributed by atoms with van der Waals surface area (Å²) in [7, 11) is 0. The maximum atomic E-state index is 12.4. The molecule has 2 aromatic rings. The van der Waals surface area contributed by atoms with E-state index < -0.39 is 0 Å². The molecule has 0 aromatic carbocycles. The molecule has 0 aliphatic carbocycles. The molecule has 0 radical (unpaired) electrons. The molecule has 1 amide bonds. The van der Waals surface area contributed by atoms with Gasteiger partial charge in [-0.25, -0.2) is 4.68 Å². The van der Waals surface area contributed by atoms with Crippen LogP contribution in [0, 0.1) is 5.92 Å². The zero-order valence-electron chi connectivity index (χ0n) is 13.9. The van der Waals surface area contributed by atoms with Crippen LogP contribution in [0.15, 0.2) is 24.4 Å². The summed E-state index contributed by atoms with van der Waals surface area (Å²) in [6, 6.07) is 6.00. The number of amides is 1. The highest BCUT2D eigenvalue weighted by Crippen LogP contribution is 2.22. The Hall–Kier alpha value is -2.17. The fraction of sp³-hybridized carbons (Fsp3) is 0.500.